The first-order valence-corrected chi connectivity index (χ1v) is 6.58. The van der Waals surface area contributed by atoms with Crippen LogP contribution in [0.5, 0.6) is 0 Å². The number of hydrogen-bond donors (Lipinski definition) is 2. The summed E-state index contributed by atoms with van der Waals surface area (Å²) in [5.74, 6) is 0.679. The number of aliphatic hydroxyl groups is 1. The Balaban J connectivity index is 2.62. The van der Waals surface area contributed by atoms with E-state index in [4.69, 9.17) is 5.11 Å². The molecule has 1 aromatic rings. The molecule has 1 rings (SSSR count). The van der Waals surface area contributed by atoms with Crippen molar-refractivity contribution in [3.8, 4) is 0 Å². The highest BCUT2D eigenvalue weighted by molar-refractivity contribution is 5.31. The smallest absolute Gasteiger partial charge is 0.225 e. The molecule has 1 heterocycles. The Morgan fingerprint density at radius 2 is 2.00 bits per heavy atom. The maximum atomic E-state index is 9.04. The Bertz CT molecular complexity index is 326. The van der Waals surface area contributed by atoms with Gasteiger partial charge < -0.3 is 15.3 Å². The molecule has 0 aromatic carbocycles. The van der Waals surface area contributed by atoms with Crippen LogP contribution in [0.4, 0.5) is 5.95 Å². The first-order chi connectivity index (χ1) is 8.69. The number of aliphatic hydroxyl groups excluding tert-OH is 1. The van der Waals surface area contributed by atoms with Crippen LogP contribution in [0.1, 0.15) is 32.8 Å². The first-order valence-electron chi connectivity index (χ1n) is 6.58. The zero-order valence-electron chi connectivity index (χ0n) is 11.6. The SMILES string of the molecule is CCCNCc1cnc(N(CCO)C(C)C)nc1. The van der Waals surface area contributed by atoms with E-state index in [1.165, 1.54) is 0 Å². The molecule has 0 aliphatic carbocycles. The highest BCUT2D eigenvalue weighted by Crippen LogP contribution is 2.10. The monoisotopic (exact) mass is 252 g/mol. The van der Waals surface area contributed by atoms with Crippen molar-refractivity contribution in [2.24, 2.45) is 0 Å². The van der Waals surface area contributed by atoms with E-state index in [-0.39, 0.29) is 12.6 Å². The Kier molecular flexibility index (Phi) is 6.60. The summed E-state index contributed by atoms with van der Waals surface area (Å²) < 4.78 is 0. The van der Waals surface area contributed by atoms with Crippen LogP contribution in [-0.4, -0.2) is 40.8 Å². The normalized spacial score (nSPS) is 10.9. The van der Waals surface area contributed by atoms with Gasteiger partial charge in [0.25, 0.3) is 0 Å². The fraction of sp³-hybridized carbons (Fsp3) is 0.692. The molecular formula is C13H24N4O. The molecule has 0 fully saturated rings. The van der Waals surface area contributed by atoms with Gasteiger partial charge in [-0.05, 0) is 26.8 Å². The van der Waals surface area contributed by atoms with Gasteiger partial charge in [0.2, 0.25) is 5.95 Å². The predicted molar refractivity (Wildman–Crippen MR) is 73.6 cm³/mol. The highest BCUT2D eigenvalue weighted by atomic mass is 16.3. The average molecular weight is 252 g/mol. The van der Waals surface area contributed by atoms with Crippen LogP contribution in [0.3, 0.4) is 0 Å². The van der Waals surface area contributed by atoms with Gasteiger partial charge in [-0.15, -0.1) is 0 Å². The van der Waals surface area contributed by atoms with Gasteiger partial charge in [0.15, 0.2) is 0 Å². The summed E-state index contributed by atoms with van der Waals surface area (Å²) in [5, 5.41) is 12.4. The number of nitrogens with one attached hydrogen (secondary N) is 1. The van der Waals surface area contributed by atoms with Gasteiger partial charge in [-0.1, -0.05) is 6.92 Å². The van der Waals surface area contributed by atoms with Crippen LogP contribution in [0.2, 0.25) is 0 Å². The second-order valence-corrected chi connectivity index (χ2v) is 4.58. The molecule has 18 heavy (non-hydrogen) atoms. The van der Waals surface area contributed by atoms with Crippen molar-refractivity contribution >= 4 is 5.95 Å². The van der Waals surface area contributed by atoms with E-state index >= 15 is 0 Å². The van der Waals surface area contributed by atoms with Gasteiger partial charge in [-0.3, -0.25) is 0 Å². The van der Waals surface area contributed by atoms with Crippen LogP contribution in [0, 0.1) is 0 Å². The minimum Gasteiger partial charge on any atom is -0.395 e. The summed E-state index contributed by atoms with van der Waals surface area (Å²) in [6.07, 6.45) is 4.81. The van der Waals surface area contributed by atoms with Gasteiger partial charge in [0.05, 0.1) is 6.61 Å². The van der Waals surface area contributed by atoms with Crippen molar-refractivity contribution in [1.29, 1.82) is 0 Å². The largest absolute Gasteiger partial charge is 0.395 e. The molecule has 0 amide bonds. The molecule has 0 aliphatic heterocycles. The molecule has 2 N–H and O–H groups in total. The lowest BCUT2D eigenvalue weighted by molar-refractivity contribution is 0.298. The molecule has 0 spiro atoms. The lowest BCUT2D eigenvalue weighted by Crippen LogP contribution is -2.34. The first kappa shape index (κ1) is 14.9. The molecular weight excluding hydrogens is 228 g/mol. The summed E-state index contributed by atoms with van der Waals surface area (Å²) in [6.45, 7) is 8.75. The summed E-state index contributed by atoms with van der Waals surface area (Å²) in [5.41, 5.74) is 1.08. The van der Waals surface area contributed by atoms with Gasteiger partial charge in [0, 0.05) is 37.1 Å². The van der Waals surface area contributed by atoms with Gasteiger partial charge in [0.1, 0.15) is 0 Å². The molecule has 0 radical (unpaired) electrons. The van der Waals surface area contributed by atoms with Crippen LogP contribution in [0.15, 0.2) is 12.4 Å². The van der Waals surface area contributed by atoms with E-state index in [1.807, 2.05) is 17.3 Å². The molecule has 0 saturated carbocycles. The molecule has 0 unspecified atom stereocenters. The summed E-state index contributed by atoms with van der Waals surface area (Å²) in [4.78, 5) is 10.7. The number of nitrogens with zero attached hydrogens (tertiary/aromatic N) is 3. The Hall–Kier alpha value is -1.20. The van der Waals surface area contributed by atoms with Crippen LogP contribution in [0.25, 0.3) is 0 Å². The number of hydrogen-bond acceptors (Lipinski definition) is 5. The summed E-state index contributed by atoms with van der Waals surface area (Å²) in [7, 11) is 0. The van der Waals surface area contributed by atoms with Crippen LogP contribution >= 0.6 is 0 Å². The van der Waals surface area contributed by atoms with E-state index in [0.717, 1.165) is 25.1 Å². The molecule has 0 atom stereocenters. The Morgan fingerprint density at radius 3 is 2.50 bits per heavy atom. The minimum atomic E-state index is 0.112. The van der Waals surface area contributed by atoms with E-state index in [2.05, 4.69) is 36.1 Å². The van der Waals surface area contributed by atoms with Crippen molar-refractivity contribution in [2.45, 2.75) is 39.8 Å². The number of aromatic nitrogens is 2. The second kappa shape index (κ2) is 8.00. The summed E-state index contributed by atoms with van der Waals surface area (Å²) >= 11 is 0. The van der Waals surface area contributed by atoms with E-state index in [9.17, 15) is 0 Å². The highest BCUT2D eigenvalue weighted by Gasteiger charge is 2.12. The van der Waals surface area contributed by atoms with Gasteiger partial charge >= 0.3 is 0 Å². The maximum Gasteiger partial charge on any atom is 0.225 e. The van der Waals surface area contributed by atoms with E-state index < -0.39 is 0 Å². The van der Waals surface area contributed by atoms with Crippen molar-refractivity contribution in [2.75, 3.05) is 24.6 Å². The molecule has 1 aromatic heterocycles. The lowest BCUT2D eigenvalue weighted by Gasteiger charge is -2.25. The maximum absolute atomic E-state index is 9.04. The topological polar surface area (TPSA) is 61.3 Å². The van der Waals surface area contributed by atoms with E-state index in [1.54, 1.807) is 0 Å². The third-order valence-electron chi connectivity index (χ3n) is 2.67. The van der Waals surface area contributed by atoms with Crippen LogP contribution < -0.4 is 10.2 Å². The fourth-order valence-electron chi connectivity index (χ4n) is 1.69. The quantitative estimate of drug-likeness (QED) is 0.680. The molecule has 0 saturated heterocycles. The summed E-state index contributed by atoms with van der Waals surface area (Å²) in [6, 6.07) is 0.279. The van der Waals surface area contributed by atoms with Crippen molar-refractivity contribution in [3.63, 3.8) is 0 Å². The predicted octanol–water partition coefficient (Wildman–Crippen LogP) is 1.18. The molecule has 5 nitrogen and oxygen atoms in total. The van der Waals surface area contributed by atoms with Crippen molar-refractivity contribution < 1.29 is 5.11 Å². The Labute approximate surface area is 109 Å². The minimum absolute atomic E-state index is 0.112. The number of rotatable bonds is 8. The van der Waals surface area contributed by atoms with Crippen molar-refractivity contribution in [1.82, 2.24) is 15.3 Å². The Morgan fingerprint density at radius 1 is 1.33 bits per heavy atom. The zero-order valence-corrected chi connectivity index (χ0v) is 11.6. The standard InChI is InChI=1S/C13H24N4O/c1-4-5-14-8-12-9-15-13(16-10-12)17(6-7-18)11(2)3/h9-11,14,18H,4-8H2,1-3H3. The second-order valence-electron chi connectivity index (χ2n) is 4.58. The fourth-order valence-corrected chi connectivity index (χ4v) is 1.69. The lowest BCUT2D eigenvalue weighted by atomic mass is 10.3. The average Bonchev–Trinajstić information content (AvgIpc) is 2.37. The third kappa shape index (κ3) is 4.58. The zero-order chi connectivity index (χ0) is 13.4. The van der Waals surface area contributed by atoms with Crippen molar-refractivity contribution in [3.05, 3.63) is 18.0 Å². The molecule has 102 valence electrons. The number of anilines is 1. The van der Waals surface area contributed by atoms with Gasteiger partial charge in [-0.2, -0.15) is 0 Å². The third-order valence-corrected chi connectivity index (χ3v) is 2.67. The van der Waals surface area contributed by atoms with E-state index in [0.29, 0.717) is 12.5 Å². The van der Waals surface area contributed by atoms with Crippen LogP contribution in [-0.2, 0) is 6.54 Å². The van der Waals surface area contributed by atoms with Gasteiger partial charge in [-0.25, -0.2) is 9.97 Å². The molecule has 0 aliphatic rings. The molecule has 5 heteroatoms. The molecule has 0 bridgehead atoms.